The summed E-state index contributed by atoms with van der Waals surface area (Å²) in [6.07, 6.45) is 4.59. The van der Waals surface area contributed by atoms with Gasteiger partial charge in [-0.1, -0.05) is 46.3 Å². The standard InChI is InChI=1S/C20H39NO/c1-15(2)12-11-13-20(9,10)17(5)14-21(19(6,7)8)18(22)16(3)4/h12,16-17H,11,13-14H2,1-10H3. The van der Waals surface area contributed by atoms with Crippen molar-refractivity contribution < 1.29 is 4.79 Å². The van der Waals surface area contributed by atoms with Crippen LogP contribution < -0.4 is 0 Å². The maximum absolute atomic E-state index is 12.6. The van der Waals surface area contributed by atoms with Crippen LogP contribution in [0.15, 0.2) is 11.6 Å². The summed E-state index contributed by atoms with van der Waals surface area (Å²) in [7, 11) is 0. The van der Waals surface area contributed by atoms with Crippen LogP contribution in [0.5, 0.6) is 0 Å². The highest BCUT2D eigenvalue weighted by Gasteiger charge is 2.33. The predicted octanol–water partition coefficient (Wildman–Crippen LogP) is 5.68. The third-order valence-corrected chi connectivity index (χ3v) is 4.70. The summed E-state index contributed by atoms with van der Waals surface area (Å²) in [6.45, 7) is 22.5. The van der Waals surface area contributed by atoms with E-state index >= 15 is 0 Å². The molecule has 1 atom stereocenters. The van der Waals surface area contributed by atoms with E-state index in [2.05, 4.69) is 66.4 Å². The van der Waals surface area contributed by atoms with Gasteiger partial charge in [-0.3, -0.25) is 4.79 Å². The number of rotatable bonds is 7. The van der Waals surface area contributed by atoms with E-state index in [0.717, 1.165) is 19.4 Å². The molecule has 2 nitrogen and oxygen atoms in total. The molecule has 1 unspecified atom stereocenters. The minimum Gasteiger partial charge on any atom is -0.337 e. The average molecular weight is 310 g/mol. The van der Waals surface area contributed by atoms with Crippen LogP contribution in [0.4, 0.5) is 0 Å². The quantitative estimate of drug-likeness (QED) is 0.554. The minimum atomic E-state index is -0.119. The van der Waals surface area contributed by atoms with Gasteiger partial charge in [0.05, 0.1) is 0 Å². The smallest absolute Gasteiger partial charge is 0.225 e. The normalized spacial score (nSPS) is 14.0. The Hall–Kier alpha value is -0.790. The zero-order valence-electron chi connectivity index (χ0n) is 16.7. The van der Waals surface area contributed by atoms with Crippen LogP contribution in [-0.4, -0.2) is 22.9 Å². The van der Waals surface area contributed by atoms with Crippen molar-refractivity contribution in [3.05, 3.63) is 11.6 Å². The second-order valence-corrected chi connectivity index (χ2v) is 8.98. The third kappa shape index (κ3) is 6.98. The Kier molecular flexibility index (Phi) is 7.88. The fraction of sp³-hybridized carbons (Fsp3) is 0.850. The number of carbonyl (C=O) groups excluding carboxylic acids is 1. The van der Waals surface area contributed by atoms with Crippen LogP contribution in [0.2, 0.25) is 0 Å². The van der Waals surface area contributed by atoms with Crippen LogP contribution in [-0.2, 0) is 4.79 Å². The van der Waals surface area contributed by atoms with Gasteiger partial charge in [-0.2, -0.15) is 0 Å². The number of amides is 1. The van der Waals surface area contributed by atoms with E-state index in [1.54, 1.807) is 0 Å². The molecule has 0 rings (SSSR count). The lowest BCUT2D eigenvalue weighted by atomic mass is 9.75. The van der Waals surface area contributed by atoms with Crippen LogP contribution in [0.1, 0.15) is 82.1 Å². The molecule has 0 aromatic heterocycles. The predicted molar refractivity (Wildman–Crippen MR) is 97.9 cm³/mol. The second kappa shape index (κ2) is 8.17. The molecule has 0 heterocycles. The second-order valence-electron chi connectivity index (χ2n) is 8.98. The topological polar surface area (TPSA) is 20.3 Å². The van der Waals surface area contributed by atoms with Crippen LogP contribution in [0.25, 0.3) is 0 Å². The molecular weight excluding hydrogens is 270 g/mol. The van der Waals surface area contributed by atoms with E-state index < -0.39 is 0 Å². The molecule has 0 fully saturated rings. The van der Waals surface area contributed by atoms with Crippen LogP contribution >= 0.6 is 0 Å². The molecule has 0 aliphatic carbocycles. The Morgan fingerprint density at radius 3 is 1.91 bits per heavy atom. The molecule has 0 aromatic carbocycles. The van der Waals surface area contributed by atoms with Gasteiger partial charge in [-0.05, 0) is 58.8 Å². The molecule has 0 saturated heterocycles. The Morgan fingerprint density at radius 1 is 1.05 bits per heavy atom. The van der Waals surface area contributed by atoms with Gasteiger partial charge in [0.25, 0.3) is 0 Å². The fourth-order valence-corrected chi connectivity index (χ4v) is 2.51. The lowest BCUT2D eigenvalue weighted by Gasteiger charge is -2.42. The molecule has 1 amide bonds. The fourth-order valence-electron chi connectivity index (χ4n) is 2.51. The Balaban J connectivity index is 4.98. The minimum absolute atomic E-state index is 0.0558. The number of hydrogen-bond donors (Lipinski definition) is 0. The summed E-state index contributed by atoms with van der Waals surface area (Å²) < 4.78 is 0. The SMILES string of the molecule is CC(C)=CCCC(C)(C)C(C)CN(C(=O)C(C)C)C(C)(C)C. The van der Waals surface area contributed by atoms with Gasteiger partial charge in [0, 0.05) is 18.0 Å². The zero-order valence-corrected chi connectivity index (χ0v) is 16.7. The highest BCUT2D eigenvalue weighted by Crippen LogP contribution is 2.34. The first-order valence-corrected chi connectivity index (χ1v) is 8.74. The largest absolute Gasteiger partial charge is 0.337 e. The van der Waals surface area contributed by atoms with Crippen molar-refractivity contribution in [3.63, 3.8) is 0 Å². The molecule has 0 N–H and O–H groups in total. The van der Waals surface area contributed by atoms with Crippen molar-refractivity contribution in [2.75, 3.05) is 6.54 Å². The Labute approximate surface area is 139 Å². The van der Waals surface area contributed by atoms with Crippen molar-refractivity contribution in [1.29, 1.82) is 0 Å². The van der Waals surface area contributed by atoms with Crippen LogP contribution in [0.3, 0.4) is 0 Å². The molecule has 22 heavy (non-hydrogen) atoms. The molecule has 0 aromatic rings. The van der Waals surface area contributed by atoms with Gasteiger partial charge in [0.2, 0.25) is 5.91 Å². The molecule has 0 bridgehead atoms. The first kappa shape index (κ1) is 21.2. The van der Waals surface area contributed by atoms with Crippen LogP contribution in [0, 0.1) is 17.3 Å². The summed E-state index contributed by atoms with van der Waals surface area (Å²) in [6, 6.07) is 0. The monoisotopic (exact) mass is 309 g/mol. The Bertz CT molecular complexity index is 381. The molecule has 0 aliphatic rings. The van der Waals surface area contributed by atoms with E-state index in [1.807, 2.05) is 13.8 Å². The van der Waals surface area contributed by atoms with Crippen molar-refractivity contribution >= 4 is 5.91 Å². The first-order valence-electron chi connectivity index (χ1n) is 8.74. The van der Waals surface area contributed by atoms with E-state index in [-0.39, 0.29) is 22.8 Å². The number of hydrogen-bond acceptors (Lipinski definition) is 1. The highest BCUT2D eigenvalue weighted by atomic mass is 16.2. The molecule has 0 spiro atoms. The van der Waals surface area contributed by atoms with E-state index in [0.29, 0.717) is 5.92 Å². The highest BCUT2D eigenvalue weighted by molar-refractivity contribution is 5.78. The molecular formula is C20H39NO. The van der Waals surface area contributed by atoms with Gasteiger partial charge >= 0.3 is 0 Å². The molecule has 0 aliphatic heterocycles. The summed E-state index contributed by atoms with van der Waals surface area (Å²) in [5, 5.41) is 0. The maximum Gasteiger partial charge on any atom is 0.225 e. The van der Waals surface area contributed by atoms with Crippen molar-refractivity contribution in [2.24, 2.45) is 17.3 Å². The van der Waals surface area contributed by atoms with E-state index in [9.17, 15) is 4.79 Å². The number of nitrogens with zero attached hydrogens (tertiary/aromatic N) is 1. The lowest BCUT2D eigenvalue weighted by Crippen LogP contribution is -2.50. The number of allylic oxidation sites excluding steroid dienone is 2. The van der Waals surface area contributed by atoms with Gasteiger partial charge in [-0.25, -0.2) is 0 Å². The van der Waals surface area contributed by atoms with Gasteiger partial charge in [-0.15, -0.1) is 0 Å². The maximum atomic E-state index is 12.6. The van der Waals surface area contributed by atoms with Crippen molar-refractivity contribution in [2.45, 2.75) is 87.6 Å². The number of carbonyl (C=O) groups is 1. The average Bonchev–Trinajstić information content (AvgIpc) is 2.32. The van der Waals surface area contributed by atoms with Gasteiger partial charge in [0.15, 0.2) is 0 Å². The zero-order chi connectivity index (χ0) is 17.7. The van der Waals surface area contributed by atoms with Crippen molar-refractivity contribution in [1.82, 2.24) is 4.90 Å². The van der Waals surface area contributed by atoms with E-state index in [1.165, 1.54) is 5.57 Å². The summed E-state index contributed by atoms with van der Waals surface area (Å²) in [5.41, 5.74) is 1.49. The first-order chi connectivity index (χ1) is 9.79. The van der Waals surface area contributed by atoms with E-state index in [4.69, 9.17) is 0 Å². The molecule has 2 heteroatoms. The third-order valence-electron chi connectivity index (χ3n) is 4.70. The molecule has 0 radical (unpaired) electrons. The molecule has 0 saturated carbocycles. The van der Waals surface area contributed by atoms with Gasteiger partial charge < -0.3 is 4.90 Å². The summed E-state index contributed by atoms with van der Waals surface area (Å²) >= 11 is 0. The Morgan fingerprint density at radius 2 is 1.55 bits per heavy atom. The summed E-state index contributed by atoms with van der Waals surface area (Å²) in [4.78, 5) is 14.6. The molecule has 130 valence electrons. The lowest BCUT2D eigenvalue weighted by molar-refractivity contribution is -0.140. The summed E-state index contributed by atoms with van der Waals surface area (Å²) in [5.74, 6) is 0.791. The van der Waals surface area contributed by atoms with Crippen molar-refractivity contribution in [3.8, 4) is 0 Å². The van der Waals surface area contributed by atoms with Gasteiger partial charge in [0.1, 0.15) is 0 Å².